The van der Waals surface area contributed by atoms with E-state index in [2.05, 4.69) is 31.7 Å². The number of halogens is 5. The molecule has 12 heteroatoms. The molecule has 2 atom stereocenters. The molecular weight excluding hydrogens is 529 g/mol. The van der Waals surface area contributed by atoms with Crippen LogP contribution in [0, 0.1) is 0 Å². The summed E-state index contributed by atoms with van der Waals surface area (Å²) >= 11 is 9.68. The number of aromatic nitrogens is 2. The van der Waals surface area contributed by atoms with E-state index in [0.717, 1.165) is 9.15 Å². The topological polar surface area (TPSA) is 77.4 Å². The highest BCUT2D eigenvalue weighted by molar-refractivity contribution is 9.10. The number of carbonyl (C=O) groups excluding carboxylic acids is 1. The van der Waals surface area contributed by atoms with Crippen molar-refractivity contribution in [3.05, 3.63) is 63.2 Å². The number of nitrogens with one attached hydrogen (secondary N) is 2. The number of benzene rings is 2. The lowest BCUT2D eigenvalue weighted by Gasteiger charge is -2.33. The van der Waals surface area contributed by atoms with Crippen LogP contribution in [0.2, 0.25) is 5.02 Å². The minimum absolute atomic E-state index is 0.0611. The van der Waals surface area contributed by atoms with Gasteiger partial charge in [-0.2, -0.15) is 18.3 Å². The number of alkyl halides is 3. The Morgan fingerprint density at radius 3 is 2.64 bits per heavy atom. The molecule has 0 saturated heterocycles. The number of carbonyl (C=O) groups is 1. The highest BCUT2D eigenvalue weighted by Gasteiger charge is 2.47. The van der Waals surface area contributed by atoms with Crippen LogP contribution in [0.4, 0.5) is 24.7 Å². The molecule has 5 rings (SSSR count). The number of hydrogen-bond acceptors (Lipinski definition) is 5. The van der Waals surface area contributed by atoms with Crippen LogP contribution in [0.15, 0.2) is 46.9 Å². The quantitative estimate of drug-likeness (QED) is 0.428. The molecular formula is C21H15BrClF3N4O3. The third-order valence-corrected chi connectivity index (χ3v) is 6.30. The van der Waals surface area contributed by atoms with E-state index in [4.69, 9.17) is 21.1 Å². The number of ether oxygens (including phenoxy) is 2. The van der Waals surface area contributed by atoms with Crippen molar-refractivity contribution in [2.45, 2.75) is 24.7 Å². The molecule has 1 aromatic heterocycles. The van der Waals surface area contributed by atoms with Gasteiger partial charge >= 0.3 is 6.18 Å². The first-order valence-electron chi connectivity index (χ1n) is 9.78. The average Bonchev–Trinajstić information content (AvgIpc) is 3.37. The molecule has 0 radical (unpaired) electrons. The van der Waals surface area contributed by atoms with Gasteiger partial charge in [0.15, 0.2) is 23.2 Å². The Kier molecular flexibility index (Phi) is 5.40. The first-order chi connectivity index (χ1) is 15.7. The zero-order chi connectivity index (χ0) is 23.3. The van der Waals surface area contributed by atoms with E-state index in [9.17, 15) is 18.0 Å². The molecule has 3 aromatic rings. The van der Waals surface area contributed by atoms with E-state index in [1.165, 1.54) is 0 Å². The van der Waals surface area contributed by atoms with Crippen LogP contribution in [0.25, 0.3) is 0 Å². The Morgan fingerprint density at radius 2 is 1.91 bits per heavy atom. The maximum Gasteiger partial charge on any atom is 0.410 e. The van der Waals surface area contributed by atoms with Crippen molar-refractivity contribution in [2.75, 3.05) is 17.4 Å². The molecule has 33 heavy (non-hydrogen) atoms. The second-order valence-corrected chi connectivity index (χ2v) is 8.81. The molecule has 1 amide bonds. The van der Waals surface area contributed by atoms with Gasteiger partial charge in [0.05, 0.1) is 6.04 Å². The highest BCUT2D eigenvalue weighted by Crippen LogP contribution is 2.46. The molecule has 2 N–H and O–H groups in total. The van der Waals surface area contributed by atoms with Crippen molar-refractivity contribution in [3.63, 3.8) is 0 Å². The van der Waals surface area contributed by atoms with Crippen LogP contribution in [-0.4, -0.2) is 28.7 Å². The normalized spacial score (nSPS) is 19.1. The average molecular weight is 544 g/mol. The fourth-order valence-corrected chi connectivity index (χ4v) is 4.34. The van der Waals surface area contributed by atoms with Gasteiger partial charge in [-0.25, -0.2) is 4.68 Å². The van der Waals surface area contributed by atoms with Gasteiger partial charge < -0.3 is 20.1 Å². The van der Waals surface area contributed by atoms with Gasteiger partial charge in [0.1, 0.15) is 10.8 Å². The van der Waals surface area contributed by atoms with Crippen LogP contribution in [0.5, 0.6) is 11.5 Å². The Labute approximate surface area is 198 Å². The van der Waals surface area contributed by atoms with Crippen molar-refractivity contribution in [2.24, 2.45) is 0 Å². The number of anilines is 2. The number of nitrogens with zero attached hydrogens (tertiary/aromatic N) is 2. The lowest BCUT2D eigenvalue weighted by Crippen LogP contribution is -2.35. The Balaban J connectivity index is 1.47. The summed E-state index contributed by atoms with van der Waals surface area (Å²) in [6.45, 7) is 0.0658. The number of hydrogen-bond donors (Lipinski definition) is 2. The van der Waals surface area contributed by atoms with E-state index in [1.807, 2.05) is 0 Å². The molecule has 0 fully saturated rings. The fraction of sp³-hybridized carbons (Fsp3) is 0.238. The molecule has 7 nitrogen and oxygen atoms in total. The highest BCUT2D eigenvalue weighted by atomic mass is 79.9. The van der Waals surface area contributed by atoms with Gasteiger partial charge in [0, 0.05) is 22.6 Å². The van der Waals surface area contributed by atoms with Crippen LogP contribution in [0.3, 0.4) is 0 Å². The Bertz CT molecular complexity index is 1230. The van der Waals surface area contributed by atoms with Crippen LogP contribution < -0.4 is 20.1 Å². The maximum absolute atomic E-state index is 13.9. The van der Waals surface area contributed by atoms with Gasteiger partial charge in [-0.3, -0.25) is 4.79 Å². The van der Waals surface area contributed by atoms with Crippen molar-refractivity contribution in [3.8, 4) is 11.5 Å². The van der Waals surface area contributed by atoms with Gasteiger partial charge in [-0.15, -0.1) is 0 Å². The van der Waals surface area contributed by atoms with Crippen LogP contribution >= 0.6 is 27.5 Å². The summed E-state index contributed by atoms with van der Waals surface area (Å²) in [7, 11) is 0. The maximum atomic E-state index is 13.9. The van der Waals surface area contributed by atoms with Crippen molar-refractivity contribution >= 4 is 44.9 Å². The van der Waals surface area contributed by atoms with E-state index in [-0.39, 0.29) is 29.7 Å². The minimum atomic E-state index is -4.59. The standard InChI is InChI=1S/C21H15BrClF3N4O3/c22-11-3-1-10(2-4-11)13-8-16(21(24,25)26)30-19(28-13)17(23)18(29-30)20(31)27-12-5-6-14-15(7-12)33-9-32-14/h1-7,13,16,28H,8-9H2,(H,27,31)/t13-,16+/m0/s1. The minimum Gasteiger partial charge on any atom is -0.454 e. The molecule has 0 spiro atoms. The number of fused-ring (bicyclic) bond motifs is 2. The fourth-order valence-electron chi connectivity index (χ4n) is 3.81. The van der Waals surface area contributed by atoms with Gasteiger partial charge in [0.25, 0.3) is 5.91 Å². The van der Waals surface area contributed by atoms with E-state index < -0.39 is 24.2 Å². The van der Waals surface area contributed by atoms with Crippen molar-refractivity contribution in [1.29, 1.82) is 0 Å². The SMILES string of the molecule is O=C(Nc1ccc2c(c1)OCO2)c1nn2c(c1Cl)N[C@H](c1ccc(Br)cc1)C[C@@H]2C(F)(F)F. The summed E-state index contributed by atoms with van der Waals surface area (Å²) in [5.74, 6) is 0.163. The van der Waals surface area contributed by atoms with Crippen molar-refractivity contribution in [1.82, 2.24) is 9.78 Å². The molecule has 3 heterocycles. The Morgan fingerprint density at radius 1 is 1.18 bits per heavy atom. The van der Waals surface area contributed by atoms with Crippen LogP contribution in [-0.2, 0) is 0 Å². The largest absolute Gasteiger partial charge is 0.454 e. The monoisotopic (exact) mass is 542 g/mol. The number of rotatable bonds is 3. The van der Waals surface area contributed by atoms with E-state index in [1.54, 1.807) is 42.5 Å². The summed E-state index contributed by atoms with van der Waals surface area (Å²) in [6.07, 6.45) is -4.90. The molecule has 0 aliphatic carbocycles. The summed E-state index contributed by atoms with van der Waals surface area (Å²) in [4.78, 5) is 12.8. The summed E-state index contributed by atoms with van der Waals surface area (Å²) in [5.41, 5.74) is 0.698. The molecule has 2 aliphatic heterocycles. The van der Waals surface area contributed by atoms with E-state index in [0.29, 0.717) is 22.7 Å². The smallest absolute Gasteiger partial charge is 0.410 e. The third kappa shape index (κ3) is 4.10. The van der Waals surface area contributed by atoms with E-state index >= 15 is 0 Å². The lowest BCUT2D eigenvalue weighted by atomic mass is 9.97. The zero-order valence-corrected chi connectivity index (χ0v) is 19.0. The number of amides is 1. The molecule has 0 bridgehead atoms. The molecule has 0 unspecified atom stereocenters. The van der Waals surface area contributed by atoms with Crippen LogP contribution in [0.1, 0.15) is 34.6 Å². The second-order valence-electron chi connectivity index (χ2n) is 7.52. The first-order valence-corrected chi connectivity index (χ1v) is 11.0. The molecule has 172 valence electrons. The molecule has 0 saturated carbocycles. The van der Waals surface area contributed by atoms with Gasteiger partial charge in [-0.05, 0) is 29.8 Å². The first kappa shape index (κ1) is 21.9. The zero-order valence-electron chi connectivity index (χ0n) is 16.6. The predicted octanol–water partition coefficient (Wildman–Crippen LogP) is 5.94. The van der Waals surface area contributed by atoms with Gasteiger partial charge in [0.2, 0.25) is 6.79 Å². The predicted molar refractivity (Wildman–Crippen MR) is 118 cm³/mol. The molecule has 2 aromatic carbocycles. The molecule has 2 aliphatic rings. The summed E-state index contributed by atoms with van der Waals surface area (Å²) < 4.78 is 53.8. The van der Waals surface area contributed by atoms with Crippen molar-refractivity contribution < 1.29 is 27.4 Å². The summed E-state index contributed by atoms with van der Waals surface area (Å²) in [6, 6.07) is 9.06. The second kappa shape index (κ2) is 8.14. The lowest BCUT2D eigenvalue weighted by molar-refractivity contribution is -0.173. The third-order valence-electron chi connectivity index (χ3n) is 5.41. The van der Waals surface area contributed by atoms with Gasteiger partial charge in [-0.1, -0.05) is 39.7 Å². The Hall–Kier alpha value is -2.92. The summed E-state index contributed by atoms with van der Waals surface area (Å²) in [5, 5.41) is 9.35.